The number of carbonyl (C=O) groups is 2. The number of halogens is 1. The summed E-state index contributed by atoms with van der Waals surface area (Å²) >= 11 is 3.35. The van der Waals surface area contributed by atoms with E-state index in [2.05, 4.69) is 26.6 Å². The second-order valence-electron chi connectivity index (χ2n) is 5.53. The molecule has 0 saturated carbocycles. The predicted molar refractivity (Wildman–Crippen MR) is 96.1 cm³/mol. The van der Waals surface area contributed by atoms with Gasteiger partial charge in [0, 0.05) is 28.0 Å². The molecular formula is C18H17BrN2O3. The van der Waals surface area contributed by atoms with E-state index < -0.39 is 0 Å². The monoisotopic (exact) mass is 388 g/mol. The fourth-order valence-electron chi connectivity index (χ4n) is 2.45. The van der Waals surface area contributed by atoms with Gasteiger partial charge in [0.15, 0.2) is 0 Å². The summed E-state index contributed by atoms with van der Waals surface area (Å²) in [4.78, 5) is 24.2. The van der Waals surface area contributed by atoms with Crippen molar-refractivity contribution in [2.24, 2.45) is 0 Å². The van der Waals surface area contributed by atoms with E-state index >= 15 is 0 Å². The highest BCUT2D eigenvalue weighted by atomic mass is 79.9. The maximum absolute atomic E-state index is 12.2. The molecule has 6 heteroatoms. The Morgan fingerprint density at radius 3 is 2.21 bits per heavy atom. The lowest BCUT2D eigenvalue weighted by molar-refractivity contribution is -0.124. The number of benzene rings is 2. The zero-order chi connectivity index (χ0) is 16.9. The van der Waals surface area contributed by atoms with E-state index in [-0.39, 0.29) is 17.9 Å². The van der Waals surface area contributed by atoms with E-state index in [0.29, 0.717) is 17.9 Å². The first-order valence-electron chi connectivity index (χ1n) is 7.71. The van der Waals surface area contributed by atoms with Crippen LogP contribution in [0.2, 0.25) is 0 Å². The molecule has 1 fully saturated rings. The molecule has 1 atom stereocenters. The van der Waals surface area contributed by atoms with E-state index in [4.69, 9.17) is 4.74 Å². The maximum atomic E-state index is 12.2. The SMILES string of the molecule is O=C(Nc1ccc(Br)cc1)c1ccc(NC(=O)[C@@H]2CCCO2)cc1. The lowest BCUT2D eigenvalue weighted by Gasteiger charge is -2.11. The molecule has 2 N–H and O–H groups in total. The predicted octanol–water partition coefficient (Wildman–Crippen LogP) is 3.82. The fourth-order valence-corrected chi connectivity index (χ4v) is 2.71. The minimum absolute atomic E-state index is 0.139. The highest BCUT2D eigenvalue weighted by Crippen LogP contribution is 2.17. The molecule has 0 aliphatic carbocycles. The van der Waals surface area contributed by atoms with Gasteiger partial charge in [-0.3, -0.25) is 9.59 Å². The number of hydrogen-bond acceptors (Lipinski definition) is 3. The molecule has 0 bridgehead atoms. The molecule has 124 valence electrons. The van der Waals surface area contributed by atoms with Crippen molar-refractivity contribution < 1.29 is 14.3 Å². The standard InChI is InChI=1S/C18H17BrN2O3/c19-13-5-9-15(10-6-13)20-17(22)12-3-7-14(8-4-12)21-18(23)16-2-1-11-24-16/h3-10,16H,1-2,11H2,(H,20,22)(H,21,23)/t16-/m0/s1. The van der Waals surface area contributed by atoms with Crippen LogP contribution in [-0.4, -0.2) is 24.5 Å². The third-order valence-corrected chi connectivity index (χ3v) is 4.27. The van der Waals surface area contributed by atoms with Gasteiger partial charge in [0.05, 0.1) is 0 Å². The molecule has 2 amide bonds. The van der Waals surface area contributed by atoms with E-state index in [9.17, 15) is 9.59 Å². The van der Waals surface area contributed by atoms with E-state index in [1.165, 1.54) is 0 Å². The summed E-state index contributed by atoms with van der Waals surface area (Å²) in [7, 11) is 0. The zero-order valence-corrected chi connectivity index (χ0v) is 14.5. The summed E-state index contributed by atoms with van der Waals surface area (Å²) in [5, 5.41) is 5.63. The Morgan fingerprint density at radius 1 is 0.958 bits per heavy atom. The third-order valence-electron chi connectivity index (χ3n) is 3.74. The molecular weight excluding hydrogens is 372 g/mol. The van der Waals surface area contributed by atoms with Crippen molar-refractivity contribution in [3.63, 3.8) is 0 Å². The summed E-state index contributed by atoms with van der Waals surface area (Å²) < 4.78 is 6.29. The first kappa shape index (κ1) is 16.7. The first-order valence-corrected chi connectivity index (χ1v) is 8.50. The minimum Gasteiger partial charge on any atom is -0.368 e. The van der Waals surface area contributed by atoms with E-state index in [0.717, 1.165) is 23.0 Å². The number of carbonyl (C=O) groups excluding carboxylic acids is 2. The normalized spacial score (nSPS) is 16.6. The van der Waals surface area contributed by atoms with Crippen LogP contribution in [0, 0.1) is 0 Å². The second kappa shape index (κ2) is 7.59. The van der Waals surface area contributed by atoms with Gasteiger partial charge < -0.3 is 15.4 Å². The summed E-state index contributed by atoms with van der Waals surface area (Å²) in [6.45, 7) is 0.632. The van der Waals surface area contributed by atoms with Crippen LogP contribution in [0.15, 0.2) is 53.0 Å². The Balaban J connectivity index is 1.60. The van der Waals surface area contributed by atoms with Gasteiger partial charge in [0.25, 0.3) is 11.8 Å². The topological polar surface area (TPSA) is 67.4 Å². The van der Waals surface area contributed by atoms with Gasteiger partial charge in [0.1, 0.15) is 6.10 Å². The van der Waals surface area contributed by atoms with Gasteiger partial charge in [-0.2, -0.15) is 0 Å². The Morgan fingerprint density at radius 2 is 1.58 bits per heavy atom. The zero-order valence-electron chi connectivity index (χ0n) is 12.9. The summed E-state index contributed by atoms with van der Waals surface area (Å²) in [6, 6.07) is 14.1. The van der Waals surface area contributed by atoms with Gasteiger partial charge >= 0.3 is 0 Å². The fraction of sp³-hybridized carbons (Fsp3) is 0.222. The lowest BCUT2D eigenvalue weighted by atomic mass is 10.1. The molecule has 3 rings (SSSR count). The number of amides is 2. The van der Waals surface area contributed by atoms with Crippen molar-refractivity contribution in [1.82, 2.24) is 0 Å². The van der Waals surface area contributed by atoms with Gasteiger partial charge in [-0.1, -0.05) is 15.9 Å². The molecule has 0 unspecified atom stereocenters. The number of rotatable bonds is 4. The van der Waals surface area contributed by atoms with Crippen LogP contribution in [0.25, 0.3) is 0 Å². The first-order chi connectivity index (χ1) is 11.6. The molecule has 0 aromatic heterocycles. The number of ether oxygens (including phenoxy) is 1. The van der Waals surface area contributed by atoms with Gasteiger partial charge in [-0.05, 0) is 61.4 Å². The van der Waals surface area contributed by atoms with Crippen LogP contribution in [0.1, 0.15) is 23.2 Å². The number of nitrogens with one attached hydrogen (secondary N) is 2. The summed E-state index contributed by atoms with van der Waals surface area (Å²) in [5.41, 5.74) is 1.89. The quantitative estimate of drug-likeness (QED) is 0.836. The van der Waals surface area contributed by atoms with Crippen molar-refractivity contribution in [3.8, 4) is 0 Å². The Kier molecular flexibility index (Phi) is 5.27. The minimum atomic E-state index is -0.370. The lowest BCUT2D eigenvalue weighted by Crippen LogP contribution is -2.26. The Labute approximate surface area is 148 Å². The van der Waals surface area contributed by atoms with Gasteiger partial charge in [-0.25, -0.2) is 0 Å². The van der Waals surface area contributed by atoms with Crippen molar-refractivity contribution >= 4 is 39.1 Å². The van der Waals surface area contributed by atoms with E-state index in [1.807, 2.05) is 24.3 Å². The summed E-state index contributed by atoms with van der Waals surface area (Å²) in [5.74, 6) is -0.339. The van der Waals surface area contributed by atoms with Crippen LogP contribution in [0.5, 0.6) is 0 Å². The van der Waals surface area contributed by atoms with Crippen molar-refractivity contribution in [1.29, 1.82) is 0 Å². The number of hydrogen-bond donors (Lipinski definition) is 2. The average molecular weight is 389 g/mol. The second-order valence-corrected chi connectivity index (χ2v) is 6.44. The Bertz CT molecular complexity index is 723. The van der Waals surface area contributed by atoms with Gasteiger partial charge in [-0.15, -0.1) is 0 Å². The molecule has 5 nitrogen and oxygen atoms in total. The Hall–Kier alpha value is -2.18. The van der Waals surface area contributed by atoms with Crippen LogP contribution >= 0.6 is 15.9 Å². The molecule has 1 saturated heterocycles. The van der Waals surface area contributed by atoms with Gasteiger partial charge in [0.2, 0.25) is 0 Å². The smallest absolute Gasteiger partial charge is 0.255 e. The van der Waals surface area contributed by atoms with E-state index in [1.54, 1.807) is 24.3 Å². The summed E-state index contributed by atoms with van der Waals surface area (Å²) in [6.07, 6.45) is 1.29. The van der Waals surface area contributed by atoms with Crippen LogP contribution < -0.4 is 10.6 Å². The number of anilines is 2. The van der Waals surface area contributed by atoms with Crippen molar-refractivity contribution in [2.45, 2.75) is 18.9 Å². The molecule has 1 heterocycles. The molecule has 0 radical (unpaired) electrons. The molecule has 1 aliphatic rings. The van der Waals surface area contributed by atoms with Crippen LogP contribution in [0.3, 0.4) is 0 Å². The van der Waals surface area contributed by atoms with Crippen LogP contribution in [-0.2, 0) is 9.53 Å². The van der Waals surface area contributed by atoms with Crippen LogP contribution in [0.4, 0.5) is 11.4 Å². The highest BCUT2D eigenvalue weighted by Gasteiger charge is 2.23. The third kappa shape index (κ3) is 4.21. The largest absolute Gasteiger partial charge is 0.368 e. The molecule has 24 heavy (non-hydrogen) atoms. The maximum Gasteiger partial charge on any atom is 0.255 e. The van der Waals surface area contributed by atoms with Crippen molar-refractivity contribution in [3.05, 3.63) is 58.6 Å². The average Bonchev–Trinajstić information content (AvgIpc) is 3.12. The molecule has 2 aromatic carbocycles. The van der Waals surface area contributed by atoms with Crippen molar-refractivity contribution in [2.75, 3.05) is 17.2 Å². The molecule has 2 aromatic rings. The highest BCUT2D eigenvalue weighted by molar-refractivity contribution is 9.10. The molecule has 0 spiro atoms. The molecule has 1 aliphatic heterocycles.